The molecule has 0 aromatic heterocycles. The molecule has 0 heterocycles. The van der Waals surface area contributed by atoms with E-state index in [4.69, 9.17) is 27.3 Å². The van der Waals surface area contributed by atoms with Gasteiger partial charge in [0.2, 0.25) is 0 Å². The van der Waals surface area contributed by atoms with E-state index in [0.29, 0.717) is 10.6 Å². The van der Waals surface area contributed by atoms with Gasteiger partial charge < -0.3 is 15.7 Å². The van der Waals surface area contributed by atoms with Crippen LogP contribution in [0, 0.1) is 18.6 Å². The number of nitrogens with two attached hydrogens (primary N) is 1. The molecule has 0 atom stereocenters. The highest BCUT2D eigenvalue weighted by Gasteiger charge is 2.16. The molecule has 0 bridgehead atoms. The summed E-state index contributed by atoms with van der Waals surface area (Å²) in [7, 11) is 0. The lowest BCUT2D eigenvalue weighted by Crippen LogP contribution is -2.14. The Hall–Kier alpha value is -2.34. The number of hydrogen-bond acceptors (Lipinski definition) is 3. The molecule has 4 nitrogen and oxygen atoms in total. The van der Waals surface area contributed by atoms with Crippen LogP contribution in [-0.2, 0) is 0 Å². The lowest BCUT2D eigenvalue weighted by atomic mass is 10.2. The van der Waals surface area contributed by atoms with Crippen LogP contribution >= 0.6 is 11.6 Å². The Balaban J connectivity index is 2.43. The highest BCUT2D eigenvalue weighted by Crippen LogP contribution is 2.32. The molecule has 0 aliphatic carbocycles. The molecule has 0 saturated heterocycles. The first-order valence-corrected chi connectivity index (χ1v) is 6.21. The standard InChI is InChI=1S/C14H11ClF2N2O2/c1-7-2-3-9(15)6-12(7)21-13-10(16)4-8(5-11(13)17)14(18)19-20/h2-6,20H,1H3,(H2,18,19). The molecular formula is C14H11ClF2N2O2. The minimum absolute atomic E-state index is 0.0948. The van der Waals surface area contributed by atoms with Crippen LogP contribution in [0.15, 0.2) is 35.5 Å². The van der Waals surface area contributed by atoms with Crippen LogP contribution in [0.3, 0.4) is 0 Å². The van der Waals surface area contributed by atoms with E-state index < -0.39 is 23.2 Å². The minimum atomic E-state index is -0.976. The number of aryl methyl sites for hydroxylation is 1. The molecule has 2 rings (SSSR count). The van der Waals surface area contributed by atoms with Crippen LogP contribution in [0.5, 0.6) is 11.5 Å². The Labute approximate surface area is 124 Å². The van der Waals surface area contributed by atoms with Crippen molar-refractivity contribution in [1.29, 1.82) is 0 Å². The molecule has 0 aliphatic heterocycles. The van der Waals surface area contributed by atoms with Crippen molar-refractivity contribution in [3.8, 4) is 11.5 Å². The van der Waals surface area contributed by atoms with E-state index in [9.17, 15) is 8.78 Å². The van der Waals surface area contributed by atoms with Gasteiger partial charge in [0.05, 0.1) is 0 Å². The number of oxime groups is 1. The van der Waals surface area contributed by atoms with Crippen LogP contribution in [-0.4, -0.2) is 11.0 Å². The zero-order valence-electron chi connectivity index (χ0n) is 10.9. The molecule has 0 fully saturated rings. The second kappa shape index (κ2) is 5.97. The summed E-state index contributed by atoms with van der Waals surface area (Å²) in [6, 6.07) is 6.57. The Morgan fingerprint density at radius 1 is 1.24 bits per heavy atom. The molecule has 7 heteroatoms. The van der Waals surface area contributed by atoms with Crippen molar-refractivity contribution in [2.24, 2.45) is 10.9 Å². The van der Waals surface area contributed by atoms with Crippen molar-refractivity contribution >= 4 is 17.4 Å². The maximum atomic E-state index is 13.9. The Kier molecular flexibility index (Phi) is 4.28. The third kappa shape index (κ3) is 3.22. The molecule has 0 unspecified atom stereocenters. The van der Waals surface area contributed by atoms with E-state index in [2.05, 4.69) is 5.16 Å². The number of nitrogens with zero attached hydrogens (tertiary/aromatic N) is 1. The van der Waals surface area contributed by atoms with Gasteiger partial charge >= 0.3 is 0 Å². The smallest absolute Gasteiger partial charge is 0.198 e. The van der Waals surface area contributed by atoms with Gasteiger partial charge in [-0.15, -0.1) is 0 Å². The number of halogens is 3. The lowest BCUT2D eigenvalue weighted by molar-refractivity contribution is 0.318. The Bertz CT molecular complexity index is 697. The fourth-order valence-corrected chi connectivity index (χ4v) is 1.82. The van der Waals surface area contributed by atoms with Gasteiger partial charge in [-0.25, -0.2) is 8.78 Å². The van der Waals surface area contributed by atoms with Gasteiger partial charge in [-0.2, -0.15) is 0 Å². The summed E-state index contributed by atoms with van der Waals surface area (Å²) in [6.45, 7) is 1.71. The molecular weight excluding hydrogens is 302 g/mol. The predicted molar refractivity (Wildman–Crippen MR) is 75.1 cm³/mol. The van der Waals surface area contributed by atoms with Crippen LogP contribution in [0.1, 0.15) is 11.1 Å². The first-order valence-electron chi connectivity index (χ1n) is 5.83. The highest BCUT2D eigenvalue weighted by molar-refractivity contribution is 6.30. The summed E-state index contributed by atoms with van der Waals surface area (Å²) in [6.07, 6.45) is 0. The number of hydrogen-bond donors (Lipinski definition) is 2. The summed E-state index contributed by atoms with van der Waals surface area (Å²) in [4.78, 5) is 0. The highest BCUT2D eigenvalue weighted by atomic mass is 35.5. The molecule has 0 saturated carbocycles. The summed E-state index contributed by atoms with van der Waals surface area (Å²) in [5, 5.41) is 11.6. The van der Waals surface area contributed by atoms with Crippen molar-refractivity contribution in [3.63, 3.8) is 0 Å². The molecule has 3 N–H and O–H groups in total. The van der Waals surface area contributed by atoms with Crippen LogP contribution in [0.4, 0.5) is 8.78 Å². The second-order valence-corrected chi connectivity index (χ2v) is 4.70. The fraction of sp³-hybridized carbons (Fsp3) is 0.0714. The van der Waals surface area contributed by atoms with Gasteiger partial charge in [-0.3, -0.25) is 0 Å². The SMILES string of the molecule is Cc1ccc(Cl)cc1Oc1c(F)cc(/C(N)=N/O)cc1F. The molecule has 0 aliphatic rings. The molecule has 0 spiro atoms. The number of ether oxygens (including phenoxy) is 1. The first kappa shape index (κ1) is 15.1. The monoisotopic (exact) mass is 312 g/mol. The summed E-state index contributed by atoms with van der Waals surface area (Å²) in [5.41, 5.74) is 5.86. The number of rotatable bonds is 3. The summed E-state index contributed by atoms with van der Waals surface area (Å²) >= 11 is 5.82. The van der Waals surface area contributed by atoms with E-state index in [-0.39, 0.29) is 11.3 Å². The van der Waals surface area contributed by atoms with Crippen molar-refractivity contribution in [2.45, 2.75) is 6.92 Å². The van der Waals surface area contributed by atoms with E-state index >= 15 is 0 Å². The fourth-order valence-electron chi connectivity index (χ4n) is 1.66. The molecule has 21 heavy (non-hydrogen) atoms. The Morgan fingerprint density at radius 3 is 2.43 bits per heavy atom. The van der Waals surface area contributed by atoms with Crippen LogP contribution in [0.25, 0.3) is 0 Å². The van der Waals surface area contributed by atoms with Crippen molar-refractivity contribution < 1.29 is 18.7 Å². The van der Waals surface area contributed by atoms with Gasteiger partial charge in [-0.1, -0.05) is 22.8 Å². The van der Waals surface area contributed by atoms with E-state index in [0.717, 1.165) is 12.1 Å². The second-order valence-electron chi connectivity index (χ2n) is 4.27. The third-order valence-electron chi connectivity index (χ3n) is 2.76. The molecule has 0 radical (unpaired) electrons. The molecule has 0 amide bonds. The topological polar surface area (TPSA) is 67.8 Å². The summed E-state index contributed by atoms with van der Waals surface area (Å²) in [5.74, 6) is -2.71. The zero-order valence-corrected chi connectivity index (χ0v) is 11.7. The zero-order chi connectivity index (χ0) is 15.6. The van der Waals surface area contributed by atoms with Crippen LogP contribution < -0.4 is 10.5 Å². The van der Waals surface area contributed by atoms with Gasteiger partial charge in [0.15, 0.2) is 23.2 Å². The molecule has 2 aromatic carbocycles. The number of benzene rings is 2. The Morgan fingerprint density at radius 2 is 1.86 bits per heavy atom. The van der Waals surface area contributed by atoms with Gasteiger partial charge in [0.1, 0.15) is 5.75 Å². The average Bonchev–Trinajstić information content (AvgIpc) is 2.45. The van der Waals surface area contributed by atoms with E-state index in [1.165, 1.54) is 6.07 Å². The number of amidine groups is 1. The predicted octanol–water partition coefficient (Wildman–Crippen LogP) is 3.81. The van der Waals surface area contributed by atoms with E-state index in [1.54, 1.807) is 19.1 Å². The van der Waals surface area contributed by atoms with Crippen molar-refractivity contribution in [3.05, 3.63) is 58.1 Å². The maximum absolute atomic E-state index is 13.9. The molecule has 110 valence electrons. The first-order chi connectivity index (χ1) is 9.92. The van der Waals surface area contributed by atoms with Crippen molar-refractivity contribution in [1.82, 2.24) is 0 Å². The van der Waals surface area contributed by atoms with Crippen molar-refractivity contribution in [2.75, 3.05) is 0 Å². The normalized spacial score (nSPS) is 11.5. The average molecular weight is 313 g/mol. The minimum Gasteiger partial charge on any atom is -0.451 e. The molecule has 2 aromatic rings. The van der Waals surface area contributed by atoms with Gasteiger partial charge in [0, 0.05) is 10.6 Å². The van der Waals surface area contributed by atoms with Gasteiger partial charge in [0.25, 0.3) is 0 Å². The summed E-state index contributed by atoms with van der Waals surface area (Å²) < 4.78 is 33.1. The van der Waals surface area contributed by atoms with Gasteiger partial charge in [-0.05, 0) is 36.8 Å². The maximum Gasteiger partial charge on any atom is 0.198 e. The van der Waals surface area contributed by atoms with E-state index in [1.807, 2.05) is 0 Å². The lowest BCUT2D eigenvalue weighted by Gasteiger charge is -2.11. The van der Waals surface area contributed by atoms with Crippen LogP contribution in [0.2, 0.25) is 5.02 Å². The largest absolute Gasteiger partial charge is 0.451 e. The third-order valence-corrected chi connectivity index (χ3v) is 3.00. The quantitative estimate of drug-likeness (QED) is 0.392.